The Morgan fingerprint density at radius 3 is 2.55 bits per heavy atom. The van der Waals surface area contributed by atoms with Crippen molar-refractivity contribution in [1.82, 2.24) is 4.90 Å². The molecule has 0 bridgehead atoms. The Bertz CT molecular complexity index is 654. The largest absolute Gasteiger partial charge is 0.341 e. The van der Waals surface area contributed by atoms with Crippen LogP contribution in [0.25, 0.3) is 0 Å². The lowest BCUT2D eigenvalue weighted by Crippen LogP contribution is -2.30. The minimum atomic E-state index is -3.97. The summed E-state index contributed by atoms with van der Waals surface area (Å²) >= 11 is 0. The van der Waals surface area contributed by atoms with Gasteiger partial charge in [-0.3, -0.25) is 4.79 Å². The Labute approximate surface area is 117 Å². The van der Waals surface area contributed by atoms with Crippen molar-refractivity contribution in [2.24, 2.45) is 11.1 Å². The van der Waals surface area contributed by atoms with Crippen molar-refractivity contribution in [2.75, 3.05) is 13.6 Å². The third-order valence-corrected chi connectivity index (χ3v) is 4.26. The lowest BCUT2D eigenvalue weighted by molar-refractivity contribution is 0.0783. The molecule has 2 N–H and O–H groups in total. The smallest absolute Gasteiger partial charge is 0.256 e. The number of hydrogen-bond donors (Lipinski definition) is 1. The summed E-state index contributed by atoms with van der Waals surface area (Å²) in [5.74, 6) is -0.762. The van der Waals surface area contributed by atoms with Crippen molar-refractivity contribution < 1.29 is 17.6 Å². The van der Waals surface area contributed by atoms with E-state index in [4.69, 9.17) is 5.14 Å². The fourth-order valence-corrected chi connectivity index (χ4v) is 2.66. The average molecular weight is 300 g/mol. The minimum Gasteiger partial charge on any atom is -0.341 e. The van der Waals surface area contributed by atoms with Crippen LogP contribution in [0.4, 0.5) is 4.39 Å². The van der Waals surface area contributed by atoms with Gasteiger partial charge in [-0.25, -0.2) is 17.9 Å². The zero-order valence-corrected chi connectivity index (χ0v) is 12.2. The van der Waals surface area contributed by atoms with Crippen molar-refractivity contribution in [1.29, 1.82) is 0 Å². The van der Waals surface area contributed by atoms with Gasteiger partial charge in [0.05, 0.1) is 10.5 Å². The van der Waals surface area contributed by atoms with Crippen molar-refractivity contribution in [3.05, 3.63) is 29.1 Å². The van der Waals surface area contributed by atoms with E-state index < -0.39 is 21.7 Å². The van der Waals surface area contributed by atoms with Crippen LogP contribution in [-0.4, -0.2) is 32.8 Å². The molecule has 1 fully saturated rings. The predicted octanol–water partition coefficient (Wildman–Crippen LogP) is 1.26. The van der Waals surface area contributed by atoms with Crippen LogP contribution >= 0.6 is 0 Å². The molecule has 0 aromatic heterocycles. The molecule has 1 aliphatic carbocycles. The molecule has 0 radical (unpaired) electrons. The van der Waals surface area contributed by atoms with Crippen molar-refractivity contribution in [3.8, 4) is 0 Å². The van der Waals surface area contributed by atoms with E-state index in [1.54, 1.807) is 7.05 Å². The van der Waals surface area contributed by atoms with Crippen molar-refractivity contribution >= 4 is 15.9 Å². The number of sulfonamides is 1. The molecule has 0 heterocycles. The zero-order valence-electron chi connectivity index (χ0n) is 11.4. The molecule has 1 saturated carbocycles. The first-order valence-electron chi connectivity index (χ1n) is 6.28. The molecule has 1 aliphatic rings. The molecular weight excluding hydrogens is 283 g/mol. The Morgan fingerprint density at radius 2 is 2.05 bits per heavy atom. The number of nitrogens with zero attached hydrogens (tertiary/aromatic N) is 1. The molecule has 5 nitrogen and oxygen atoms in total. The summed E-state index contributed by atoms with van der Waals surface area (Å²) in [6.45, 7) is 1.96. The van der Waals surface area contributed by atoms with Crippen LogP contribution in [0.3, 0.4) is 0 Å². The number of carbonyl (C=O) groups is 1. The van der Waals surface area contributed by atoms with Gasteiger partial charge in [0.25, 0.3) is 5.91 Å². The average Bonchev–Trinajstić information content (AvgIpc) is 3.14. The SMILES string of the molecule is Cc1cc(S(N)(=O)=O)cc(C(=O)N(C)CC2CC2)c1F. The van der Waals surface area contributed by atoms with Gasteiger partial charge in [-0.2, -0.15) is 0 Å². The second-order valence-corrected chi connectivity index (χ2v) is 6.84. The van der Waals surface area contributed by atoms with Gasteiger partial charge in [-0.15, -0.1) is 0 Å². The monoisotopic (exact) mass is 300 g/mol. The highest BCUT2D eigenvalue weighted by Gasteiger charge is 2.27. The predicted molar refractivity (Wildman–Crippen MR) is 72.2 cm³/mol. The number of hydrogen-bond acceptors (Lipinski definition) is 3. The maximum Gasteiger partial charge on any atom is 0.256 e. The fraction of sp³-hybridized carbons (Fsp3) is 0.462. The molecule has 110 valence electrons. The Balaban J connectivity index is 2.38. The summed E-state index contributed by atoms with van der Waals surface area (Å²) < 4.78 is 36.8. The van der Waals surface area contributed by atoms with Gasteiger partial charge in [0, 0.05) is 13.6 Å². The maximum atomic E-state index is 14.1. The number of rotatable bonds is 4. The van der Waals surface area contributed by atoms with E-state index in [1.807, 2.05) is 0 Å². The lowest BCUT2D eigenvalue weighted by atomic mass is 10.1. The summed E-state index contributed by atoms with van der Waals surface area (Å²) in [7, 11) is -2.39. The zero-order chi connectivity index (χ0) is 15.1. The van der Waals surface area contributed by atoms with Crippen LogP contribution in [0.1, 0.15) is 28.8 Å². The van der Waals surface area contributed by atoms with Crippen molar-refractivity contribution in [2.45, 2.75) is 24.7 Å². The van der Waals surface area contributed by atoms with Crippen molar-refractivity contribution in [3.63, 3.8) is 0 Å². The van der Waals surface area contributed by atoms with Gasteiger partial charge in [0.1, 0.15) is 5.82 Å². The van der Waals surface area contributed by atoms with Crippen LogP contribution in [0, 0.1) is 18.7 Å². The van der Waals surface area contributed by atoms with E-state index in [-0.39, 0.29) is 16.0 Å². The molecule has 0 aliphatic heterocycles. The fourth-order valence-electron chi connectivity index (χ4n) is 2.03. The first-order chi connectivity index (χ1) is 9.20. The van der Waals surface area contributed by atoms with Crippen LogP contribution in [0.15, 0.2) is 17.0 Å². The number of amides is 1. The quantitative estimate of drug-likeness (QED) is 0.909. The Morgan fingerprint density at radius 1 is 1.45 bits per heavy atom. The van der Waals surface area contributed by atoms with Crippen LogP contribution in [-0.2, 0) is 10.0 Å². The lowest BCUT2D eigenvalue weighted by Gasteiger charge is -2.18. The third kappa shape index (κ3) is 3.16. The van der Waals surface area contributed by atoms with Gasteiger partial charge in [-0.05, 0) is 43.4 Å². The number of carbonyl (C=O) groups excluding carboxylic acids is 1. The molecule has 7 heteroatoms. The molecule has 1 amide bonds. The molecule has 0 spiro atoms. The van der Waals surface area contributed by atoms with E-state index in [0.29, 0.717) is 12.5 Å². The van der Waals surface area contributed by atoms with Gasteiger partial charge in [0.2, 0.25) is 10.0 Å². The highest BCUT2D eigenvalue weighted by Crippen LogP contribution is 2.30. The number of nitrogens with two attached hydrogens (primary N) is 1. The number of benzene rings is 1. The van der Waals surface area contributed by atoms with E-state index in [0.717, 1.165) is 25.0 Å². The first-order valence-corrected chi connectivity index (χ1v) is 7.83. The summed E-state index contributed by atoms with van der Waals surface area (Å²) in [4.78, 5) is 13.4. The first kappa shape index (κ1) is 14.9. The summed E-state index contributed by atoms with van der Waals surface area (Å²) in [6, 6.07) is 2.13. The molecule has 0 atom stereocenters. The Hall–Kier alpha value is -1.47. The number of primary sulfonamides is 1. The summed E-state index contributed by atoms with van der Waals surface area (Å²) in [6.07, 6.45) is 2.13. The highest BCUT2D eigenvalue weighted by atomic mass is 32.2. The van der Waals surface area contributed by atoms with E-state index >= 15 is 0 Å². The van der Waals surface area contributed by atoms with Gasteiger partial charge in [0.15, 0.2) is 0 Å². The van der Waals surface area contributed by atoms with Crippen LogP contribution < -0.4 is 5.14 Å². The Kier molecular flexibility index (Phi) is 3.84. The molecule has 1 aromatic rings. The van der Waals surface area contributed by atoms with E-state index in [1.165, 1.54) is 11.8 Å². The van der Waals surface area contributed by atoms with E-state index in [2.05, 4.69) is 0 Å². The van der Waals surface area contributed by atoms with Crippen LogP contribution in [0.5, 0.6) is 0 Å². The number of halogens is 1. The molecule has 1 aromatic carbocycles. The van der Waals surface area contributed by atoms with Gasteiger partial charge in [-0.1, -0.05) is 0 Å². The topological polar surface area (TPSA) is 80.5 Å². The highest BCUT2D eigenvalue weighted by molar-refractivity contribution is 7.89. The molecule has 0 saturated heterocycles. The third-order valence-electron chi connectivity index (χ3n) is 3.36. The number of aryl methyl sites for hydroxylation is 1. The molecule has 20 heavy (non-hydrogen) atoms. The second kappa shape index (κ2) is 5.14. The van der Waals surface area contributed by atoms with Gasteiger partial charge >= 0.3 is 0 Å². The summed E-state index contributed by atoms with van der Waals surface area (Å²) in [5, 5.41) is 5.04. The standard InChI is InChI=1S/C13H17FN2O3S/c1-8-5-10(20(15,18)19)6-11(12(8)14)13(17)16(2)7-9-3-4-9/h5-6,9H,3-4,7H2,1-2H3,(H2,15,18,19). The summed E-state index contributed by atoms with van der Waals surface area (Å²) in [5.41, 5.74) is -0.170. The second-order valence-electron chi connectivity index (χ2n) is 5.28. The molecule has 0 unspecified atom stereocenters. The minimum absolute atomic E-state index is 0.0831. The maximum absolute atomic E-state index is 14.1. The normalized spacial score (nSPS) is 15.2. The molecule has 2 rings (SSSR count). The van der Waals surface area contributed by atoms with Gasteiger partial charge < -0.3 is 4.90 Å². The van der Waals surface area contributed by atoms with E-state index in [9.17, 15) is 17.6 Å². The van der Waals surface area contributed by atoms with Crippen LogP contribution in [0.2, 0.25) is 0 Å². The molecular formula is C13H17FN2O3S.